The lowest BCUT2D eigenvalue weighted by atomic mass is 10.1. The number of ether oxygens (including phenoxy) is 1. The van der Waals surface area contributed by atoms with Crippen LogP contribution in [0.2, 0.25) is 5.15 Å². The third-order valence-electron chi connectivity index (χ3n) is 3.81. The van der Waals surface area contributed by atoms with Crippen LogP contribution in [0.3, 0.4) is 0 Å². The Morgan fingerprint density at radius 3 is 2.65 bits per heavy atom. The van der Waals surface area contributed by atoms with E-state index in [2.05, 4.69) is 15.4 Å². The van der Waals surface area contributed by atoms with Crippen LogP contribution >= 0.6 is 11.6 Å². The zero-order valence-corrected chi connectivity index (χ0v) is 15.7. The Kier molecular flexibility index (Phi) is 5.42. The molecule has 0 saturated carbocycles. The summed E-state index contributed by atoms with van der Waals surface area (Å²) in [5.41, 5.74) is 4.27. The van der Waals surface area contributed by atoms with Crippen molar-refractivity contribution in [1.29, 1.82) is 0 Å². The Morgan fingerprint density at radius 2 is 1.96 bits per heavy atom. The summed E-state index contributed by atoms with van der Waals surface area (Å²) in [6.07, 6.45) is -0.467. The number of alkyl carbamates (subject to hydrolysis) is 1. The molecule has 0 fully saturated rings. The lowest BCUT2D eigenvalue weighted by Gasteiger charge is -2.10. The summed E-state index contributed by atoms with van der Waals surface area (Å²) in [5, 5.41) is 7.44. The highest BCUT2D eigenvalue weighted by atomic mass is 35.5. The third kappa shape index (κ3) is 4.14. The summed E-state index contributed by atoms with van der Waals surface area (Å²) in [5.74, 6) is 0.278. The molecule has 1 amide bonds. The van der Waals surface area contributed by atoms with E-state index in [0.717, 1.165) is 22.5 Å². The molecular formula is C19H21ClN4O2. The van der Waals surface area contributed by atoms with Gasteiger partial charge in [-0.25, -0.2) is 14.3 Å². The molecule has 7 heteroatoms. The van der Waals surface area contributed by atoms with E-state index >= 15 is 0 Å². The van der Waals surface area contributed by atoms with Crippen LogP contribution < -0.4 is 5.32 Å². The van der Waals surface area contributed by atoms with Crippen molar-refractivity contribution >= 4 is 23.3 Å². The molecule has 2 heterocycles. The number of nitrogens with one attached hydrogen (secondary N) is 1. The van der Waals surface area contributed by atoms with Crippen LogP contribution in [0.1, 0.15) is 25.1 Å². The smallest absolute Gasteiger partial charge is 0.407 e. The van der Waals surface area contributed by atoms with E-state index < -0.39 is 6.09 Å². The third-order valence-corrected chi connectivity index (χ3v) is 4.01. The molecule has 0 radical (unpaired) electrons. The molecular weight excluding hydrogens is 352 g/mol. The molecule has 0 unspecified atom stereocenters. The fraction of sp³-hybridized carbons (Fsp3) is 0.316. The van der Waals surface area contributed by atoms with Crippen LogP contribution in [0.15, 0.2) is 36.4 Å². The molecule has 0 aliphatic heterocycles. The highest BCUT2D eigenvalue weighted by Crippen LogP contribution is 2.25. The quantitative estimate of drug-likeness (QED) is 0.727. The zero-order chi connectivity index (χ0) is 18.7. The van der Waals surface area contributed by atoms with E-state index in [9.17, 15) is 4.79 Å². The summed E-state index contributed by atoms with van der Waals surface area (Å²) < 4.78 is 6.83. The monoisotopic (exact) mass is 372 g/mol. The predicted octanol–water partition coefficient (Wildman–Crippen LogP) is 4.24. The van der Waals surface area contributed by atoms with Gasteiger partial charge in [0.2, 0.25) is 0 Å². The van der Waals surface area contributed by atoms with Crippen molar-refractivity contribution < 1.29 is 9.53 Å². The Labute approximate surface area is 157 Å². The number of carbonyl (C=O) groups is 1. The van der Waals surface area contributed by atoms with Crippen molar-refractivity contribution in [3.63, 3.8) is 0 Å². The van der Waals surface area contributed by atoms with Gasteiger partial charge in [-0.05, 0) is 25.0 Å². The fourth-order valence-electron chi connectivity index (χ4n) is 2.51. The summed E-state index contributed by atoms with van der Waals surface area (Å²) in [4.78, 5) is 16.6. The number of benzene rings is 1. The summed E-state index contributed by atoms with van der Waals surface area (Å²) in [7, 11) is 0. The van der Waals surface area contributed by atoms with Crippen molar-refractivity contribution in [2.75, 3.05) is 6.61 Å². The van der Waals surface area contributed by atoms with Crippen molar-refractivity contribution in [2.24, 2.45) is 5.92 Å². The first kappa shape index (κ1) is 18.2. The lowest BCUT2D eigenvalue weighted by Crippen LogP contribution is -2.26. The molecule has 136 valence electrons. The average molecular weight is 373 g/mol. The first-order chi connectivity index (χ1) is 12.4. The minimum absolute atomic E-state index is 0.231. The van der Waals surface area contributed by atoms with Gasteiger partial charge in [-0.1, -0.05) is 55.3 Å². The van der Waals surface area contributed by atoms with Crippen LogP contribution in [0.25, 0.3) is 16.9 Å². The minimum atomic E-state index is -0.467. The van der Waals surface area contributed by atoms with E-state index in [1.165, 1.54) is 0 Å². The molecule has 0 aliphatic rings. The van der Waals surface area contributed by atoms with Gasteiger partial charge in [0.05, 0.1) is 24.5 Å². The van der Waals surface area contributed by atoms with E-state index in [1.54, 1.807) is 16.6 Å². The molecule has 1 aromatic carbocycles. The van der Waals surface area contributed by atoms with Crippen LogP contribution in [-0.2, 0) is 11.3 Å². The van der Waals surface area contributed by atoms with Crippen molar-refractivity contribution in [2.45, 2.75) is 27.3 Å². The van der Waals surface area contributed by atoms with E-state index in [1.807, 2.05) is 45.0 Å². The maximum atomic E-state index is 11.9. The molecule has 3 aromatic rings. The van der Waals surface area contributed by atoms with Gasteiger partial charge in [0.25, 0.3) is 0 Å². The second-order valence-corrected chi connectivity index (χ2v) is 6.93. The van der Waals surface area contributed by atoms with Crippen molar-refractivity contribution in [3.8, 4) is 11.3 Å². The maximum absolute atomic E-state index is 11.9. The largest absolute Gasteiger partial charge is 0.449 e. The molecule has 0 aliphatic carbocycles. The number of fused-ring (bicyclic) bond motifs is 1. The van der Waals surface area contributed by atoms with Gasteiger partial charge in [0.1, 0.15) is 5.15 Å². The molecule has 0 saturated heterocycles. The zero-order valence-electron chi connectivity index (χ0n) is 15.0. The molecule has 0 bridgehead atoms. The number of rotatable bonds is 5. The number of hydrogen-bond donors (Lipinski definition) is 1. The number of carbonyl (C=O) groups excluding carboxylic acids is 1. The summed E-state index contributed by atoms with van der Waals surface area (Å²) >= 11 is 6.04. The topological polar surface area (TPSA) is 68.5 Å². The number of aromatic nitrogens is 3. The first-order valence-corrected chi connectivity index (χ1v) is 8.83. The average Bonchev–Trinajstić information content (AvgIpc) is 2.96. The van der Waals surface area contributed by atoms with Gasteiger partial charge in [0.15, 0.2) is 5.65 Å². The molecule has 26 heavy (non-hydrogen) atoms. The number of aryl methyl sites for hydroxylation is 1. The Balaban J connectivity index is 1.93. The summed E-state index contributed by atoms with van der Waals surface area (Å²) in [6.45, 7) is 6.60. The van der Waals surface area contributed by atoms with Crippen molar-refractivity contribution in [3.05, 3.63) is 52.8 Å². The SMILES string of the molecule is Cc1ccc(-c2nc3ccc(Cl)nn3c2CNC(=O)OCC(C)C)cc1. The number of halogens is 1. The second-order valence-electron chi connectivity index (χ2n) is 6.55. The number of nitrogens with zero attached hydrogens (tertiary/aromatic N) is 3. The van der Waals surface area contributed by atoms with Gasteiger partial charge in [-0.3, -0.25) is 0 Å². The van der Waals surface area contributed by atoms with Gasteiger partial charge < -0.3 is 10.1 Å². The first-order valence-electron chi connectivity index (χ1n) is 8.46. The predicted molar refractivity (Wildman–Crippen MR) is 101 cm³/mol. The molecule has 1 N–H and O–H groups in total. The van der Waals surface area contributed by atoms with E-state index in [0.29, 0.717) is 17.4 Å². The minimum Gasteiger partial charge on any atom is -0.449 e. The van der Waals surface area contributed by atoms with Gasteiger partial charge in [0, 0.05) is 5.56 Å². The molecule has 2 aromatic heterocycles. The standard InChI is InChI=1S/C19H21ClN4O2/c1-12(2)11-26-19(25)21-10-15-18(14-6-4-13(3)5-7-14)22-17-9-8-16(20)23-24(15)17/h4-9,12H,10-11H2,1-3H3,(H,21,25). The molecule has 0 spiro atoms. The van der Waals surface area contributed by atoms with Crippen molar-refractivity contribution in [1.82, 2.24) is 19.9 Å². The molecule has 3 rings (SSSR count). The molecule has 6 nitrogen and oxygen atoms in total. The fourth-order valence-corrected chi connectivity index (χ4v) is 2.65. The van der Waals surface area contributed by atoms with Crippen LogP contribution in [0.4, 0.5) is 4.79 Å². The normalized spacial score (nSPS) is 11.1. The van der Waals surface area contributed by atoms with Crippen LogP contribution in [-0.4, -0.2) is 27.3 Å². The van der Waals surface area contributed by atoms with Gasteiger partial charge >= 0.3 is 6.09 Å². The molecule has 0 atom stereocenters. The highest BCUT2D eigenvalue weighted by molar-refractivity contribution is 6.29. The van der Waals surface area contributed by atoms with Crippen LogP contribution in [0, 0.1) is 12.8 Å². The maximum Gasteiger partial charge on any atom is 0.407 e. The summed E-state index contributed by atoms with van der Waals surface area (Å²) in [6, 6.07) is 11.5. The highest BCUT2D eigenvalue weighted by Gasteiger charge is 2.16. The Bertz CT molecular complexity index is 919. The Morgan fingerprint density at radius 1 is 1.23 bits per heavy atom. The number of imidazole rings is 1. The van der Waals surface area contributed by atoms with E-state index in [4.69, 9.17) is 16.3 Å². The van der Waals surface area contributed by atoms with E-state index in [-0.39, 0.29) is 12.5 Å². The van der Waals surface area contributed by atoms with Gasteiger partial charge in [-0.2, -0.15) is 5.10 Å². The Hall–Kier alpha value is -2.60. The number of hydrogen-bond acceptors (Lipinski definition) is 4. The van der Waals surface area contributed by atoms with Crippen LogP contribution in [0.5, 0.6) is 0 Å². The lowest BCUT2D eigenvalue weighted by molar-refractivity contribution is 0.132. The second kappa shape index (κ2) is 7.74. The van der Waals surface area contributed by atoms with Gasteiger partial charge in [-0.15, -0.1) is 0 Å². The number of amides is 1.